The molecule has 0 heterocycles. The number of nitrogens with one attached hydrogen (secondary N) is 1. The number of hydrogen-bond acceptors (Lipinski definition) is 4. The van der Waals surface area contributed by atoms with Crippen molar-refractivity contribution in [2.75, 3.05) is 13.1 Å². The van der Waals surface area contributed by atoms with Crippen LogP contribution in [-0.4, -0.2) is 30.1 Å². The number of esters is 1. The van der Waals surface area contributed by atoms with Crippen LogP contribution < -0.4 is 10.1 Å². The molecule has 1 aromatic carbocycles. The maximum absolute atomic E-state index is 11.8. The number of carboxylic acid groups (broad SMARTS) is 1. The van der Waals surface area contributed by atoms with E-state index < -0.39 is 11.9 Å². The Kier molecular flexibility index (Phi) is 6.00. The molecule has 28 heavy (non-hydrogen) atoms. The molecule has 5 rings (SSSR count). The Morgan fingerprint density at radius 2 is 1.68 bits per heavy atom. The molecule has 4 saturated carbocycles. The van der Waals surface area contributed by atoms with E-state index in [1.807, 2.05) is 18.2 Å². The van der Waals surface area contributed by atoms with Crippen molar-refractivity contribution in [2.24, 2.45) is 29.6 Å². The molecule has 0 spiro atoms. The highest BCUT2D eigenvalue weighted by Crippen LogP contribution is 2.56. The van der Waals surface area contributed by atoms with Gasteiger partial charge in [-0.05, 0) is 92.8 Å². The third-order valence-corrected chi connectivity index (χ3v) is 7.11. The summed E-state index contributed by atoms with van der Waals surface area (Å²) in [5.41, 5.74) is 0.990. The first-order chi connectivity index (χ1) is 13.6. The van der Waals surface area contributed by atoms with Gasteiger partial charge in [0.2, 0.25) is 0 Å². The van der Waals surface area contributed by atoms with E-state index in [4.69, 9.17) is 9.84 Å². The van der Waals surface area contributed by atoms with Crippen molar-refractivity contribution < 1.29 is 19.4 Å². The SMILES string of the molecule is O=C(O)CCC(=O)Oc1ccccc1CCNCC1C2CC3CC(C2)CC1C3. The zero-order valence-corrected chi connectivity index (χ0v) is 16.4. The van der Waals surface area contributed by atoms with Crippen LogP contribution >= 0.6 is 0 Å². The Bertz CT molecular complexity index is 688. The Balaban J connectivity index is 1.24. The maximum Gasteiger partial charge on any atom is 0.311 e. The van der Waals surface area contributed by atoms with Crippen LogP contribution in [0.3, 0.4) is 0 Å². The molecule has 1 aromatic rings. The van der Waals surface area contributed by atoms with Crippen LogP contribution in [0.25, 0.3) is 0 Å². The summed E-state index contributed by atoms with van der Waals surface area (Å²) in [7, 11) is 0. The summed E-state index contributed by atoms with van der Waals surface area (Å²) < 4.78 is 5.39. The molecule has 4 fully saturated rings. The van der Waals surface area contributed by atoms with Crippen LogP contribution in [0.5, 0.6) is 5.75 Å². The fraction of sp³-hybridized carbons (Fsp3) is 0.652. The van der Waals surface area contributed by atoms with Gasteiger partial charge in [0.15, 0.2) is 0 Å². The van der Waals surface area contributed by atoms with Gasteiger partial charge < -0.3 is 15.2 Å². The number of carbonyl (C=O) groups is 2. The highest BCUT2D eigenvalue weighted by atomic mass is 16.5. The Morgan fingerprint density at radius 1 is 1.00 bits per heavy atom. The quantitative estimate of drug-likeness (QED) is 0.385. The number of carbonyl (C=O) groups excluding carboxylic acids is 1. The van der Waals surface area contributed by atoms with E-state index in [9.17, 15) is 9.59 Å². The topological polar surface area (TPSA) is 75.6 Å². The molecule has 4 bridgehead atoms. The number of carboxylic acids is 1. The van der Waals surface area contributed by atoms with E-state index in [1.165, 1.54) is 32.1 Å². The number of benzene rings is 1. The molecule has 0 saturated heterocycles. The predicted molar refractivity (Wildman–Crippen MR) is 106 cm³/mol. The molecular formula is C23H31NO4. The van der Waals surface area contributed by atoms with E-state index in [1.54, 1.807) is 6.07 Å². The first-order valence-electron chi connectivity index (χ1n) is 10.8. The molecule has 0 atom stereocenters. The summed E-state index contributed by atoms with van der Waals surface area (Å²) in [5, 5.41) is 12.4. The maximum atomic E-state index is 11.8. The van der Waals surface area contributed by atoms with E-state index in [2.05, 4.69) is 5.32 Å². The second-order valence-corrected chi connectivity index (χ2v) is 9.02. The lowest BCUT2D eigenvalue weighted by Crippen LogP contribution is -2.48. The van der Waals surface area contributed by atoms with E-state index in [-0.39, 0.29) is 12.8 Å². The molecule has 5 heteroatoms. The normalized spacial score (nSPS) is 30.4. The minimum Gasteiger partial charge on any atom is -0.481 e. The van der Waals surface area contributed by atoms with Crippen LogP contribution in [0, 0.1) is 29.6 Å². The number of para-hydroxylation sites is 1. The molecule has 2 N–H and O–H groups in total. The molecular weight excluding hydrogens is 354 g/mol. The predicted octanol–water partition coefficient (Wildman–Crippen LogP) is 3.66. The Morgan fingerprint density at radius 3 is 2.36 bits per heavy atom. The Hall–Kier alpha value is -1.88. The van der Waals surface area contributed by atoms with Crippen molar-refractivity contribution in [1.29, 1.82) is 0 Å². The zero-order chi connectivity index (χ0) is 19.5. The van der Waals surface area contributed by atoms with Gasteiger partial charge in [0.25, 0.3) is 0 Å². The van der Waals surface area contributed by atoms with Crippen molar-refractivity contribution in [2.45, 2.75) is 51.4 Å². The first kappa shape index (κ1) is 19.4. The smallest absolute Gasteiger partial charge is 0.311 e. The fourth-order valence-corrected chi connectivity index (χ4v) is 6.06. The van der Waals surface area contributed by atoms with Crippen molar-refractivity contribution in [3.8, 4) is 5.75 Å². The lowest BCUT2D eigenvalue weighted by Gasteiger charge is -2.54. The lowest BCUT2D eigenvalue weighted by atomic mass is 9.52. The number of ether oxygens (including phenoxy) is 1. The average molecular weight is 386 g/mol. The van der Waals surface area contributed by atoms with Crippen molar-refractivity contribution in [1.82, 2.24) is 5.32 Å². The zero-order valence-electron chi connectivity index (χ0n) is 16.4. The summed E-state index contributed by atoms with van der Waals surface area (Å²) >= 11 is 0. The minimum atomic E-state index is -0.987. The van der Waals surface area contributed by atoms with E-state index >= 15 is 0 Å². The summed E-state index contributed by atoms with van der Waals surface area (Å²) in [6.45, 7) is 1.97. The highest BCUT2D eigenvalue weighted by molar-refractivity contribution is 5.78. The fourth-order valence-electron chi connectivity index (χ4n) is 6.06. The van der Waals surface area contributed by atoms with E-state index in [0.29, 0.717) is 5.75 Å². The van der Waals surface area contributed by atoms with Gasteiger partial charge >= 0.3 is 11.9 Å². The Labute approximate surface area is 166 Å². The average Bonchev–Trinajstić information content (AvgIpc) is 2.66. The lowest BCUT2D eigenvalue weighted by molar-refractivity contribution is -0.142. The van der Waals surface area contributed by atoms with Crippen molar-refractivity contribution >= 4 is 11.9 Å². The van der Waals surface area contributed by atoms with Crippen LogP contribution in [0.15, 0.2) is 24.3 Å². The number of aliphatic carboxylic acids is 1. The largest absolute Gasteiger partial charge is 0.481 e. The molecule has 152 valence electrons. The van der Waals surface area contributed by atoms with Crippen LogP contribution in [-0.2, 0) is 16.0 Å². The monoisotopic (exact) mass is 385 g/mol. The molecule has 0 radical (unpaired) electrons. The molecule has 0 unspecified atom stereocenters. The minimum absolute atomic E-state index is 0.103. The van der Waals surface area contributed by atoms with Gasteiger partial charge in [-0.25, -0.2) is 0 Å². The van der Waals surface area contributed by atoms with Gasteiger partial charge in [0, 0.05) is 0 Å². The van der Waals surface area contributed by atoms with Gasteiger partial charge in [-0.1, -0.05) is 18.2 Å². The first-order valence-corrected chi connectivity index (χ1v) is 10.8. The van der Waals surface area contributed by atoms with E-state index in [0.717, 1.165) is 54.7 Å². The third-order valence-electron chi connectivity index (χ3n) is 7.11. The van der Waals surface area contributed by atoms with Crippen LogP contribution in [0.2, 0.25) is 0 Å². The van der Waals surface area contributed by atoms with Gasteiger partial charge in [0.05, 0.1) is 12.8 Å². The van der Waals surface area contributed by atoms with Crippen LogP contribution in [0.4, 0.5) is 0 Å². The standard InChI is InChI=1S/C23H31NO4/c25-22(26)5-6-23(27)28-21-4-2-1-3-17(21)7-8-24-14-20-18-10-15-9-16(12-18)13-19(20)11-15/h1-4,15-16,18-20,24H,5-14H2,(H,25,26). The summed E-state index contributed by atoms with van der Waals surface area (Å²) in [5.74, 6) is 3.82. The van der Waals surface area contributed by atoms with Gasteiger partial charge in [0.1, 0.15) is 5.75 Å². The summed E-state index contributed by atoms with van der Waals surface area (Å²) in [6.07, 6.45) is 7.80. The highest BCUT2D eigenvalue weighted by Gasteiger charge is 2.47. The summed E-state index contributed by atoms with van der Waals surface area (Å²) in [6, 6.07) is 7.54. The van der Waals surface area contributed by atoms with Gasteiger partial charge in [-0.15, -0.1) is 0 Å². The van der Waals surface area contributed by atoms with Crippen molar-refractivity contribution in [3.05, 3.63) is 29.8 Å². The second-order valence-electron chi connectivity index (χ2n) is 9.02. The second kappa shape index (κ2) is 8.64. The number of hydrogen-bond donors (Lipinski definition) is 2. The molecule has 4 aliphatic carbocycles. The molecule has 5 nitrogen and oxygen atoms in total. The van der Waals surface area contributed by atoms with Crippen LogP contribution in [0.1, 0.15) is 50.5 Å². The molecule has 0 amide bonds. The molecule has 0 aliphatic heterocycles. The summed E-state index contributed by atoms with van der Waals surface area (Å²) in [4.78, 5) is 22.5. The molecule has 0 aromatic heterocycles. The number of rotatable bonds is 9. The molecule has 4 aliphatic rings. The third kappa shape index (κ3) is 4.57. The van der Waals surface area contributed by atoms with Gasteiger partial charge in [-0.2, -0.15) is 0 Å². The van der Waals surface area contributed by atoms with Gasteiger partial charge in [-0.3, -0.25) is 9.59 Å². The van der Waals surface area contributed by atoms with Crippen molar-refractivity contribution in [3.63, 3.8) is 0 Å².